The molecule has 0 spiro atoms. The van der Waals surface area contributed by atoms with E-state index in [1.807, 2.05) is 36.4 Å². The Morgan fingerprint density at radius 2 is 2.16 bits per heavy atom. The maximum atomic E-state index is 5.95. The van der Waals surface area contributed by atoms with Crippen LogP contribution in [0, 0.1) is 0 Å². The number of aromatic nitrogens is 1. The Morgan fingerprint density at radius 1 is 1.32 bits per heavy atom. The number of nitrogens with zero attached hydrogens (tertiary/aromatic N) is 2. The lowest BCUT2D eigenvalue weighted by atomic mass is 10.1. The number of nitrogens with one attached hydrogen (secondary N) is 1. The lowest BCUT2D eigenvalue weighted by Gasteiger charge is -2.02. The normalized spacial score (nSPS) is 10.6. The highest BCUT2D eigenvalue weighted by molar-refractivity contribution is 7.80. The molecule has 6 heteroatoms. The second kappa shape index (κ2) is 6.26. The SMILES string of the molecule is NC(=S)NN=Cc1ccc(-c2cccc(Cl)c2)cn1. The zero-order valence-corrected chi connectivity index (χ0v) is 11.4. The van der Waals surface area contributed by atoms with E-state index >= 15 is 0 Å². The van der Waals surface area contributed by atoms with E-state index < -0.39 is 0 Å². The number of rotatable bonds is 3. The summed E-state index contributed by atoms with van der Waals surface area (Å²) in [6.45, 7) is 0. The molecule has 0 atom stereocenters. The topological polar surface area (TPSA) is 63.3 Å². The van der Waals surface area contributed by atoms with Gasteiger partial charge in [-0.1, -0.05) is 29.8 Å². The molecule has 2 rings (SSSR count). The maximum absolute atomic E-state index is 5.95. The van der Waals surface area contributed by atoms with Crippen LogP contribution in [0.5, 0.6) is 0 Å². The standard InChI is InChI=1S/C13H11ClN4S/c14-11-3-1-2-9(6-11)10-4-5-12(16-7-10)8-17-18-13(15)19/h1-8H,(H3,15,18,19). The van der Waals surface area contributed by atoms with Gasteiger partial charge in [0.25, 0.3) is 0 Å². The third kappa shape index (κ3) is 4.01. The highest BCUT2D eigenvalue weighted by atomic mass is 35.5. The van der Waals surface area contributed by atoms with Gasteiger partial charge >= 0.3 is 0 Å². The zero-order valence-electron chi connectivity index (χ0n) is 9.88. The van der Waals surface area contributed by atoms with E-state index in [0.29, 0.717) is 10.7 Å². The summed E-state index contributed by atoms with van der Waals surface area (Å²) in [6.07, 6.45) is 3.30. The largest absolute Gasteiger partial charge is 0.375 e. The van der Waals surface area contributed by atoms with Crippen molar-refractivity contribution in [1.29, 1.82) is 0 Å². The van der Waals surface area contributed by atoms with Gasteiger partial charge in [-0.25, -0.2) is 0 Å². The van der Waals surface area contributed by atoms with Crippen molar-refractivity contribution in [2.45, 2.75) is 0 Å². The Morgan fingerprint density at radius 3 is 2.79 bits per heavy atom. The molecule has 96 valence electrons. The summed E-state index contributed by atoms with van der Waals surface area (Å²) in [5.74, 6) is 0. The van der Waals surface area contributed by atoms with Crippen LogP contribution in [0.1, 0.15) is 5.69 Å². The molecule has 2 aromatic rings. The highest BCUT2D eigenvalue weighted by Crippen LogP contribution is 2.21. The van der Waals surface area contributed by atoms with Gasteiger partial charge in [0.2, 0.25) is 0 Å². The van der Waals surface area contributed by atoms with Crippen molar-refractivity contribution in [3.05, 3.63) is 53.3 Å². The van der Waals surface area contributed by atoms with Crippen molar-refractivity contribution in [1.82, 2.24) is 10.4 Å². The van der Waals surface area contributed by atoms with Crippen LogP contribution in [0.25, 0.3) is 11.1 Å². The van der Waals surface area contributed by atoms with Gasteiger partial charge < -0.3 is 5.73 Å². The number of nitrogens with two attached hydrogens (primary N) is 1. The predicted molar refractivity (Wildman–Crippen MR) is 82.2 cm³/mol. The quantitative estimate of drug-likeness (QED) is 0.518. The average Bonchev–Trinajstić information content (AvgIpc) is 2.39. The van der Waals surface area contributed by atoms with Crippen molar-refractivity contribution in [3.8, 4) is 11.1 Å². The van der Waals surface area contributed by atoms with Crippen LogP contribution in [-0.4, -0.2) is 16.3 Å². The highest BCUT2D eigenvalue weighted by Gasteiger charge is 1.99. The monoisotopic (exact) mass is 290 g/mol. The predicted octanol–water partition coefficient (Wildman–Crippen LogP) is 2.57. The van der Waals surface area contributed by atoms with Crippen LogP contribution in [-0.2, 0) is 0 Å². The number of halogens is 1. The minimum absolute atomic E-state index is 0.117. The van der Waals surface area contributed by atoms with Crippen molar-refractivity contribution >= 4 is 35.1 Å². The number of hydrazone groups is 1. The molecule has 3 N–H and O–H groups in total. The fourth-order valence-electron chi connectivity index (χ4n) is 1.48. The van der Waals surface area contributed by atoms with Crippen LogP contribution in [0.2, 0.25) is 5.02 Å². The van der Waals surface area contributed by atoms with Gasteiger partial charge in [-0.2, -0.15) is 5.10 Å². The zero-order chi connectivity index (χ0) is 13.7. The Kier molecular flexibility index (Phi) is 4.43. The first kappa shape index (κ1) is 13.5. The molecule has 1 heterocycles. The molecule has 0 aliphatic rings. The molecule has 4 nitrogen and oxygen atoms in total. The van der Waals surface area contributed by atoms with Crippen LogP contribution in [0.15, 0.2) is 47.7 Å². The first-order chi connectivity index (χ1) is 9.15. The van der Waals surface area contributed by atoms with Gasteiger partial charge in [0, 0.05) is 16.8 Å². The molecule has 0 aliphatic heterocycles. The summed E-state index contributed by atoms with van der Waals surface area (Å²) in [5, 5.41) is 4.65. The minimum Gasteiger partial charge on any atom is -0.375 e. The minimum atomic E-state index is 0.117. The van der Waals surface area contributed by atoms with E-state index in [2.05, 4.69) is 27.7 Å². The number of benzene rings is 1. The van der Waals surface area contributed by atoms with Crippen LogP contribution >= 0.6 is 23.8 Å². The summed E-state index contributed by atoms with van der Waals surface area (Å²) < 4.78 is 0. The van der Waals surface area contributed by atoms with E-state index in [-0.39, 0.29) is 5.11 Å². The van der Waals surface area contributed by atoms with E-state index in [4.69, 9.17) is 17.3 Å². The molecule has 19 heavy (non-hydrogen) atoms. The van der Waals surface area contributed by atoms with E-state index in [1.54, 1.807) is 12.4 Å². The molecule has 0 unspecified atom stereocenters. The second-order valence-electron chi connectivity index (χ2n) is 3.72. The molecule has 0 bridgehead atoms. The Labute approximate surface area is 121 Å². The summed E-state index contributed by atoms with van der Waals surface area (Å²) in [6, 6.07) is 11.4. The van der Waals surface area contributed by atoms with Crippen molar-refractivity contribution in [2.75, 3.05) is 0 Å². The third-order valence-electron chi connectivity index (χ3n) is 2.32. The van der Waals surface area contributed by atoms with Gasteiger partial charge in [0.1, 0.15) is 0 Å². The second-order valence-corrected chi connectivity index (χ2v) is 4.59. The average molecular weight is 291 g/mol. The Balaban J connectivity index is 2.14. The molecule has 0 aliphatic carbocycles. The van der Waals surface area contributed by atoms with Gasteiger partial charge in [0.05, 0.1) is 11.9 Å². The first-order valence-electron chi connectivity index (χ1n) is 5.45. The van der Waals surface area contributed by atoms with Crippen LogP contribution in [0.3, 0.4) is 0 Å². The molecule has 0 radical (unpaired) electrons. The summed E-state index contributed by atoms with van der Waals surface area (Å²) in [7, 11) is 0. The third-order valence-corrected chi connectivity index (χ3v) is 2.64. The summed E-state index contributed by atoms with van der Waals surface area (Å²) >= 11 is 10.6. The number of hydrogen-bond donors (Lipinski definition) is 2. The Hall–Kier alpha value is -1.98. The Bertz CT molecular complexity index is 610. The maximum Gasteiger partial charge on any atom is 0.184 e. The number of thiocarbonyl (C=S) groups is 1. The smallest absolute Gasteiger partial charge is 0.184 e. The molecule has 0 fully saturated rings. The van der Waals surface area contributed by atoms with E-state index in [9.17, 15) is 0 Å². The lowest BCUT2D eigenvalue weighted by Crippen LogP contribution is -2.24. The van der Waals surface area contributed by atoms with Crippen molar-refractivity contribution in [3.63, 3.8) is 0 Å². The molecule has 1 aromatic heterocycles. The van der Waals surface area contributed by atoms with Crippen LogP contribution < -0.4 is 11.2 Å². The fourth-order valence-corrected chi connectivity index (χ4v) is 1.73. The van der Waals surface area contributed by atoms with E-state index in [1.165, 1.54) is 0 Å². The number of hydrogen-bond acceptors (Lipinski definition) is 3. The summed E-state index contributed by atoms with van der Waals surface area (Å²) in [5.41, 5.74) is 10.4. The van der Waals surface area contributed by atoms with Gasteiger partial charge in [-0.15, -0.1) is 0 Å². The van der Waals surface area contributed by atoms with Crippen LogP contribution in [0.4, 0.5) is 0 Å². The van der Waals surface area contributed by atoms with Crippen molar-refractivity contribution in [2.24, 2.45) is 10.8 Å². The molecular formula is C13H11ClN4S. The van der Waals surface area contributed by atoms with Gasteiger partial charge in [0.15, 0.2) is 5.11 Å². The van der Waals surface area contributed by atoms with E-state index in [0.717, 1.165) is 11.1 Å². The lowest BCUT2D eigenvalue weighted by molar-refractivity contribution is 1.04. The molecule has 0 saturated carbocycles. The molecule has 1 aromatic carbocycles. The van der Waals surface area contributed by atoms with Gasteiger partial charge in [-0.3, -0.25) is 10.4 Å². The molecule has 0 amide bonds. The summed E-state index contributed by atoms with van der Waals surface area (Å²) in [4.78, 5) is 4.27. The molecule has 0 saturated heterocycles. The van der Waals surface area contributed by atoms with Crippen molar-refractivity contribution < 1.29 is 0 Å². The molecular weight excluding hydrogens is 280 g/mol. The first-order valence-corrected chi connectivity index (χ1v) is 6.24. The van der Waals surface area contributed by atoms with Gasteiger partial charge in [-0.05, 0) is 36.0 Å². The number of pyridine rings is 1. The fraction of sp³-hybridized carbons (Fsp3) is 0.